The Morgan fingerprint density at radius 2 is 2.00 bits per heavy atom. The molecule has 0 radical (unpaired) electrons. The number of nitro groups is 1. The number of hydrogen-bond acceptors (Lipinski definition) is 7. The van der Waals surface area contributed by atoms with Gasteiger partial charge in [0.05, 0.1) is 17.6 Å². The third-order valence-corrected chi connectivity index (χ3v) is 4.75. The monoisotopic (exact) mass is 383 g/mol. The Kier molecular flexibility index (Phi) is 6.85. The summed E-state index contributed by atoms with van der Waals surface area (Å²) < 4.78 is 7.27. The normalized spacial score (nSPS) is 19.5. The molecule has 0 aromatic heterocycles. The van der Waals surface area contributed by atoms with Crippen LogP contribution in [0.4, 0.5) is 10.5 Å². The second-order valence-corrected chi connectivity index (χ2v) is 8.28. The smallest absolute Gasteiger partial charge is 0.410 e. The van der Waals surface area contributed by atoms with E-state index in [4.69, 9.17) is 4.74 Å². The Bertz CT molecular complexity index is 650. The van der Waals surface area contributed by atoms with E-state index in [1.165, 1.54) is 22.9 Å². The Morgan fingerprint density at radius 3 is 2.65 bits per heavy atom. The van der Waals surface area contributed by atoms with Crippen molar-refractivity contribution in [3.63, 3.8) is 0 Å². The van der Waals surface area contributed by atoms with Crippen LogP contribution >= 0.6 is 11.9 Å². The van der Waals surface area contributed by atoms with E-state index in [2.05, 4.69) is 0 Å². The largest absolute Gasteiger partial charge is 0.444 e. The third-order valence-electron chi connectivity index (χ3n) is 3.62. The highest BCUT2D eigenvalue weighted by Gasteiger charge is 2.27. The number of benzene rings is 1. The highest BCUT2D eigenvalue weighted by atomic mass is 32.2. The molecule has 8 nitrogen and oxygen atoms in total. The summed E-state index contributed by atoms with van der Waals surface area (Å²) in [6, 6.07) is 6.54. The van der Waals surface area contributed by atoms with Crippen molar-refractivity contribution in [3.05, 3.63) is 34.4 Å². The second kappa shape index (κ2) is 8.70. The molecule has 0 bridgehead atoms. The van der Waals surface area contributed by atoms with Crippen LogP contribution in [-0.2, 0) is 4.74 Å². The van der Waals surface area contributed by atoms with E-state index in [1.54, 1.807) is 39.0 Å². The van der Waals surface area contributed by atoms with E-state index in [9.17, 15) is 20.0 Å². The van der Waals surface area contributed by atoms with Crippen molar-refractivity contribution in [1.82, 2.24) is 9.21 Å². The summed E-state index contributed by atoms with van der Waals surface area (Å²) in [5.41, 5.74) is -0.539. The number of hydrogen-bond donors (Lipinski definition) is 1. The number of ether oxygens (including phenoxy) is 1. The van der Waals surface area contributed by atoms with Crippen molar-refractivity contribution in [3.8, 4) is 0 Å². The van der Waals surface area contributed by atoms with Crippen LogP contribution in [0.1, 0.15) is 27.2 Å². The maximum absolute atomic E-state index is 12.2. The highest BCUT2D eigenvalue weighted by Crippen LogP contribution is 2.32. The molecule has 9 heteroatoms. The van der Waals surface area contributed by atoms with Gasteiger partial charge in [-0.15, -0.1) is 0 Å². The molecule has 1 aliphatic heterocycles. The predicted octanol–water partition coefficient (Wildman–Crippen LogP) is 2.91. The molecule has 1 aromatic rings. The van der Waals surface area contributed by atoms with Crippen molar-refractivity contribution >= 4 is 23.7 Å². The number of nitrogens with zero attached hydrogens (tertiary/aromatic N) is 3. The van der Waals surface area contributed by atoms with Gasteiger partial charge in [-0.3, -0.25) is 10.1 Å². The molecule has 1 atom stereocenters. The van der Waals surface area contributed by atoms with E-state index < -0.39 is 22.7 Å². The molecule has 1 heterocycles. The molecular weight excluding hydrogens is 358 g/mol. The van der Waals surface area contributed by atoms with Crippen LogP contribution in [0.3, 0.4) is 0 Å². The van der Waals surface area contributed by atoms with Gasteiger partial charge in [0.25, 0.3) is 5.69 Å². The Labute approximate surface area is 157 Å². The van der Waals surface area contributed by atoms with Gasteiger partial charge in [-0.1, -0.05) is 12.1 Å². The fraction of sp³-hybridized carbons (Fsp3) is 0.588. The zero-order valence-corrected chi connectivity index (χ0v) is 16.1. The van der Waals surface area contributed by atoms with Gasteiger partial charge in [0.1, 0.15) is 10.5 Å². The van der Waals surface area contributed by atoms with Gasteiger partial charge in [0.15, 0.2) is 0 Å². The third kappa shape index (κ3) is 6.15. The molecule has 1 aromatic carbocycles. The van der Waals surface area contributed by atoms with Crippen molar-refractivity contribution in [2.45, 2.75) is 43.8 Å². The number of aliphatic hydroxyl groups is 1. The molecule has 2 rings (SSSR count). The number of carbonyl (C=O) groups is 1. The molecule has 1 amide bonds. The molecular formula is C17H25N3O5S. The van der Waals surface area contributed by atoms with Crippen LogP contribution in [0.5, 0.6) is 0 Å². The highest BCUT2D eigenvalue weighted by molar-refractivity contribution is 7.97. The molecule has 1 N–H and O–H groups in total. The van der Waals surface area contributed by atoms with Crippen LogP contribution in [0, 0.1) is 10.1 Å². The Balaban J connectivity index is 1.99. The fourth-order valence-electron chi connectivity index (χ4n) is 2.57. The average Bonchev–Trinajstić information content (AvgIpc) is 2.50. The van der Waals surface area contributed by atoms with Gasteiger partial charge in [-0.25, -0.2) is 9.10 Å². The lowest BCUT2D eigenvalue weighted by Gasteiger charge is -2.33. The molecule has 1 saturated heterocycles. The Hall–Kier alpha value is -1.84. The molecule has 0 aliphatic carbocycles. The number of rotatable bonds is 3. The summed E-state index contributed by atoms with van der Waals surface area (Å²) in [5.74, 6) is 0. The number of nitro benzene ring substituents is 1. The summed E-state index contributed by atoms with van der Waals surface area (Å²) in [7, 11) is 0. The molecule has 1 aliphatic rings. The number of β-amino-alcohol motifs (C(OH)–C–C–N with tert-alkyl or cyclic N) is 1. The van der Waals surface area contributed by atoms with E-state index in [1.807, 2.05) is 4.31 Å². The quantitative estimate of drug-likeness (QED) is 0.487. The lowest BCUT2D eigenvalue weighted by Crippen LogP contribution is -2.46. The number of para-hydroxylation sites is 1. The van der Waals surface area contributed by atoms with Crippen molar-refractivity contribution in [2.24, 2.45) is 0 Å². The van der Waals surface area contributed by atoms with Gasteiger partial charge in [0, 0.05) is 25.7 Å². The topological polar surface area (TPSA) is 96.2 Å². The molecule has 26 heavy (non-hydrogen) atoms. The zero-order valence-electron chi connectivity index (χ0n) is 15.3. The van der Waals surface area contributed by atoms with Crippen LogP contribution in [-0.4, -0.2) is 63.2 Å². The summed E-state index contributed by atoms with van der Waals surface area (Å²) in [5, 5.41) is 21.5. The molecule has 1 unspecified atom stereocenters. The standard InChI is InChI=1S/C17H25N3O5S/c1-17(2,3)25-16(22)18-9-6-10-19(12-13(21)11-18)26-15-8-5-4-7-14(15)20(23)24/h4-5,7-8,13,21H,6,9-12H2,1-3H3. The van der Waals surface area contributed by atoms with Gasteiger partial charge in [-0.2, -0.15) is 0 Å². The number of carbonyl (C=O) groups excluding carboxylic acids is 1. The minimum atomic E-state index is -0.766. The molecule has 1 fully saturated rings. The Morgan fingerprint density at radius 1 is 1.31 bits per heavy atom. The first-order valence-electron chi connectivity index (χ1n) is 8.48. The minimum Gasteiger partial charge on any atom is -0.444 e. The van der Waals surface area contributed by atoms with Crippen molar-refractivity contribution in [1.29, 1.82) is 0 Å². The minimum absolute atomic E-state index is 0.0458. The predicted molar refractivity (Wildman–Crippen MR) is 99.0 cm³/mol. The summed E-state index contributed by atoms with van der Waals surface area (Å²) in [6.45, 7) is 6.93. The van der Waals surface area contributed by atoms with Crippen LogP contribution < -0.4 is 0 Å². The first kappa shape index (κ1) is 20.5. The van der Waals surface area contributed by atoms with Crippen LogP contribution in [0.2, 0.25) is 0 Å². The average molecular weight is 383 g/mol. The first-order chi connectivity index (χ1) is 12.2. The van der Waals surface area contributed by atoms with Gasteiger partial charge in [-0.05, 0) is 45.2 Å². The molecule has 0 spiro atoms. The van der Waals surface area contributed by atoms with Gasteiger partial charge >= 0.3 is 6.09 Å². The van der Waals surface area contributed by atoms with Crippen molar-refractivity contribution < 1.29 is 19.6 Å². The van der Waals surface area contributed by atoms with Gasteiger partial charge < -0.3 is 14.7 Å². The lowest BCUT2D eigenvalue weighted by molar-refractivity contribution is -0.387. The van der Waals surface area contributed by atoms with E-state index in [-0.39, 0.29) is 12.2 Å². The van der Waals surface area contributed by atoms with Crippen LogP contribution in [0.25, 0.3) is 0 Å². The van der Waals surface area contributed by atoms with E-state index in [0.717, 1.165) is 0 Å². The van der Waals surface area contributed by atoms with Gasteiger partial charge in [0.2, 0.25) is 0 Å². The maximum atomic E-state index is 12.2. The van der Waals surface area contributed by atoms with E-state index in [0.29, 0.717) is 31.0 Å². The number of aliphatic hydroxyl groups excluding tert-OH is 1. The summed E-state index contributed by atoms with van der Waals surface area (Å²) in [6.07, 6.45) is -0.519. The zero-order chi connectivity index (χ0) is 19.3. The van der Waals surface area contributed by atoms with Crippen LogP contribution in [0.15, 0.2) is 29.2 Å². The second-order valence-electron chi connectivity index (χ2n) is 7.14. The van der Waals surface area contributed by atoms with E-state index >= 15 is 0 Å². The summed E-state index contributed by atoms with van der Waals surface area (Å²) >= 11 is 1.26. The lowest BCUT2D eigenvalue weighted by atomic mass is 10.2. The molecule has 144 valence electrons. The fourth-order valence-corrected chi connectivity index (χ4v) is 3.69. The molecule has 0 saturated carbocycles. The van der Waals surface area contributed by atoms with Crippen molar-refractivity contribution in [2.75, 3.05) is 26.2 Å². The SMILES string of the molecule is CC(C)(C)OC(=O)N1CCCN(Sc2ccccc2[N+](=O)[O-])CC(O)C1. The maximum Gasteiger partial charge on any atom is 0.410 e. The number of amides is 1. The first-order valence-corrected chi connectivity index (χ1v) is 9.25. The summed E-state index contributed by atoms with van der Waals surface area (Å²) in [4.78, 5) is 25.0.